The van der Waals surface area contributed by atoms with Crippen molar-refractivity contribution < 1.29 is 4.39 Å². The van der Waals surface area contributed by atoms with Gasteiger partial charge in [-0.3, -0.25) is 0 Å². The summed E-state index contributed by atoms with van der Waals surface area (Å²) in [6, 6.07) is 12.1. The van der Waals surface area contributed by atoms with Gasteiger partial charge in [0.2, 0.25) is 5.95 Å². The third-order valence-corrected chi connectivity index (χ3v) is 6.35. The van der Waals surface area contributed by atoms with Crippen LogP contribution in [0.15, 0.2) is 48.0 Å². The molecule has 3 nitrogen and oxygen atoms in total. The number of anilines is 1. The summed E-state index contributed by atoms with van der Waals surface area (Å²) in [6.45, 7) is 6.09. The van der Waals surface area contributed by atoms with Crippen LogP contribution in [0.4, 0.5) is 10.2 Å². The first-order chi connectivity index (χ1) is 13.6. The summed E-state index contributed by atoms with van der Waals surface area (Å²) in [4.78, 5) is 9.93. The highest BCUT2D eigenvalue weighted by atomic mass is 19.1. The summed E-state index contributed by atoms with van der Waals surface area (Å²) in [5, 5.41) is 1.10. The van der Waals surface area contributed by atoms with Crippen LogP contribution in [-0.4, -0.2) is 23.1 Å². The number of benzene rings is 1. The molecule has 5 rings (SSSR count). The highest BCUT2D eigenvalue weighted by Crippen LogP contribution is 2.44. The van der Waals surface area contributed by atoms with Gasteiger partial charge in [-0.25, -0.2) is 4.98 Å². The monoisotopic (exact) mass is 375 g/mol. The lowest BCUT2D eigenvalue weighted by atomic mass is 9.87. The second-order valence-electron chi connectivity index (χ2n) is 8.29. The summed E-state index contributed by atoms with van der Waals surface area (Å²) in [6.07, 6.45) is 6.01. The maximum Gasteiger partial charge on any atom is 0.224 e. The fourth-order valence-corrected chi connectivity index (χ4v) is 4.61. The molecule has 2 fully saturated rings. The predicted octanol–water partition coefficient (Wildman–Crippen LogP) is 5.86. The zero-order valence-electron chi connectivity index (χ0n) is 16.5. The van der Waals surface area contributed by atoms with E-state index in [1.807, 2.05) is 24.3 Å². The maximum absolute atomic E-state index is 14.9. The van der Waals surface area contributed by atoms with Crippen LogP contribution in [0, 0.1) is 24.7 Å². The molecule has 1 aliphatic heterocycles. The van der Waals surface area contributed by atoms with Crippen molar-refractivity contribution in [2.75, 3.05) is 18.0 Å². The first-order valence-corrected chi connectivity index (χ1v) is 10.3. The summed E-state index contributed by atoms with van der Waals surface area (Å²) < 4.78 is 14.9. The number of allylic oxidation sites excluding steroid dienone is 1. The van der Waals surface area contributed by atoms with Crippen LogP contribution in [-0.2, 0) is 0 Å². The van der Waals surface area contributed by atoms with E-state index in [4.69, 9.17) is 0 Å². The third kappa shape index (κ3) is 3.11. The molecule has 1 atom stereocenters. The molecule has 2 aliphatic rings. The molecule has 0 bridgehead atoms. The van der Waals surface area contributed by atoms with Gasteiger partial charge in [0.25, 0.3) is 0 Å². The van der Waals surface area contributed by atoms with Crippen molar-refractivity contribution in [3.63, 3.8) is 0 Å². The molecule has 2 aromatic heterocycles. The fraction of sp³-hybridized carbons (Fsp3) is 0.375. The lowest BCUT2D eigenvalue weighted by molar-refractivity contribution is 0.464. The molecule has 0 unspecified atom stereocenters. The van der Waals surface area contributed by atoms with Crippen molar-refractivity contribution >= 4 is 16.7 Å². The number of hydrogen-bond acceptors (Lipinski definition) is 2. The van der Waals surface area contributed by atoms with Crippen molar-refractivity contribution in [1.29, 1.82) is 0 Å². The van der Waals surface area contributed by atoms with Gasteiger partial charge in [-0.1, -0.05) is 23.3 Å². The van der Waals surface area contributed by atoms with Crippen LogP contribution in [0.2, 0.25) is 0 Å². The predicted molar refractivity (Wildman–Crippen MR) is 113 cm³/mol. The lowest BCUT2D eigenvalue weighted by Gasteiger charge is -2.36. The molecule has 0 amide bonds. The van der Waals surface area contributed by atoms with E-state index in [9.17, 15) is 4.39 Å². The van der Waals surface area contributed by atoms with Crippen LogP contribution in [0.1, 0.15) is 31.7 Å². The Balaban J connectivity index is 1.43. The van der Waals surface area contributed by atoms with Gasteiger partial charge >= 0.3 is 0 Å². The molecule has 28 heavy (non-hydrogen) atoms. The summed E-state index contributed by atoms with van der Waals surface area (Å²) in [5.41, 5.74) is 5.10. The van der Waals surface area contributed by atoms with Gasteiger partial charge in [0, 0.05) is 29.9 Å². The minimum Gasteiger partial charge on any atom is -0.356 e. The average Bonchev–Trinajstić information content (AvgIpc) is 3.47. The van der Waals surface area contributed by atoms with E-state index in [1.165, 1.54) is 18.4 Å². The Morgan fingerprint density at radius 3 is 2.79 bits per heavy atom. The number of fused-ring (bicyclic) bond motifs is 1. The van der Waals surface area contributed by atoms with Crippen LogP contribution < -0.4 is 4.90 Å². The van der Waals surface area contributed by atoms with E-state index in [1.54, 1.807) is 5.57 Å². The molecule has 0 spiro atoms. The van der Waals surface area contributed by atoms with E-state index in [0.29, 0.717) is 11.5 Å². The number of aromatic amines is 1. The normalized spacial score (nSPS) is 21.6. The number of rotatable bonds is 3. The number of aryl methyl sites for hydroxylation is 1. The Labute approximate surface area is 165 Å². The van der Waals surface area contributed by atoms with Gasteiger partial charge < -0.3 is 9.88 Å². The Hall–Kier alpha value is -2.62. The minimum absolute atomic E-state index is 0.402. The molecule has 1 saturated carbocycles. The summed E-state index contributed by atoms with van der Waals surface area (Å²) in [5.74, 6) is 1.78. The number of nitrogens with zero attached hydrogens (tertiary/aromatic N) is 2. The molecule has 1 saturated heterocycles. The standard InChI is InChI=1S/C24H26FN3/c1-3-16-10-11-28(14-20(16)17-5-6-17)23-9-7-19(24(25)27-23)22-13-18-12-15(2)4-8-21(18)26-22/h3-4,7-9,12-13,17,20,26H,5-6,10-11,14H2,1-2H3/b16-3+/t20-/m0/s1. The van der Waals surface area contributed by atoms with E-state index in [-0.39, 0.29) is 0 Å². The number of hydrogen-bond donors (Lipinski definition) is 1. The number of H-pyrrole nitrogens is 1. The van der Waals surface area contributed by atoms with Gasteiger partial charge in [-0.05, 0) is 69.4 Å². The van der Waals surface area contributed by atoms with E-state index in [2.05, 4.69) is 46.9 Å². The quantitative estimate of drug-likeness (QED) is 0.459. The van der Waals surface area contributed by atoms with Crippen molar-refractivity contribution in [3.05, 3.63) is 59.6 Å². The third-order valence-electron chi connectivity index (χ3n) is 6.35. The molecule has 0 radical (unpaired) electrons. The van der Waals surface area contributed by atoms with Gasteiger partial charge in [-0.2, -0.15) is 4.39 Å². The van der Waals surface area contributed by atoms with Gasteiger partial charge in [-0.15, -0.1) is 0 Å². The SMILES string of the molecule is C/C=C1\CCN(c2ccc(-c3cc4cc(C)ccc4[nH]3)c(F)n2)C[C@@H]1C1CC1. The second-order valence-corrected chi connectivity index (χ2v) is 8.29. The zero-order chi connectivity index (χ0) is 19.3. The summed E-state index contributed by atoms with van der Waals surface area (Å²) >= 11 is 0. The Morgan fingerprint density at radius 2 is 2.04 bits per heavy atom. The van der Waals surface area contributed by atoms with Crippen LogP contribution in [0.5, 0.6) is 0 Å². The molecule has 1 aliphatic carbocycles. The Kier molecular flexibility index (Phi) is 4.22. The smallest absolute Gasteiger partial charge is 0.224 e. The highest BCUT2D eigenvalue weighted by molar-refractivity contribution is 5.86. The molecule has 4 heteroatoms. The number of aromatic nitrogens is 2. The van der Waals surface area contributed by atoms with Gasteiger partial charge in [0.15, 0.2) is 0 Å². The molecule has 3 aromatic rings. The largest absolute Gasteiger partial charge is 0.356 e. The van der Waals surface area contributed by atoms with Crippen molar-refractivity contribution in [1.82, 2.24) is 9.97 Å². The maximum atomic E-state index is 14.9. The minimum atomic E-state index is -0.402. The number of halogens is 1. The Bertz CT molecular complexity index is 1060. The van der Waals surface area contributed by atoms with Crippen LogP contribution in [0.3, 0.4) is 0 Å². The summed E-state index contributed by atoms with van der Waals surface area (Å²) in [7, 11) is 0. The highest BCUT2D eigenvalue weighted by Gasteiger charge is 2.37. The van der Waals surface area contributed by atoms with E-state index in [0.717, 1.165) is 47.8 Å². The first kappa shape index (κ1) is 17.5. The molecule has 3 heterocycles. The number of piperidine rings is 1. The molecule has 144 valence electrons. The molecule has 1 aromatic carbocycles. The van der Waals surface area contributed by atoms with Crippen molar-refractivity contribution in [3.8, 4) is 11.3 Å². The second kappa shape index (κ2) is 6.77. The first-order valence-electron chi connectivity index (χ1n) is 10.3. The molecule has 1 N–H and O–H groups in total. The van der Waals surface area contributed by atoms with E-state index >= 15 is 0 Å². The van der Waals surface area contributed by atoms with Crippen LogP contribution in [0.25, 0.3) is 22.2 Å². The van der Waals surface area contributed by atoms with Crippen LogP contribution >= 0.6 is 0 Å². The molecular formula is C24H26FN3. The topological polar surface area (TPSA) is 31.9 Å². The number of pyridine rings is 1. The number of nitrogens with one attached hydrogen (secondary N) is 1. The Morgan fingerprint density at radius 1 is 1.18 bits per heavy atom. The average molecular weight is 375 g/mol. The van der Waals surface area contributed by atoms with E-state index < -0.39 is 5.95 Å². The van der Waals surface area contributed by atoms with Crippen molar-refractivity contribution in [2.45, 2.75) is 33.1 Å². The fourth-order valence-electron chi connectivity index (χ4n) is 4.61. The zero-order valence-corrected chi connectivity index (χ0v) is 16.5. The lowest BCUT2D eigenvalue weighted by Crippen LogP contribution is -2.38. The van der Waals surface area contributed by atoms with Gasteiger partial charge in [0.1, 0.15) is 5.82 Å². The van der Waals surface area contributed by atoms with Gasteiger partial charge in [0.05, 0.1) is 11.3 Å². The van der Waals surface area contributed by atoms with Crippen molar-refractivity contribution in [2.24, 2.45) is 11.8 Å². The molecular weight excluding hydrogens is 349 g/mol.